The molecule has 0 unspecified atom stereocenters. The first-order valence-electron chi connectivity index (χ1n) is 8.00. The quantitative estimate of drug-likeness (QED) is 0.398. The molecule has 0 aliphatic rings. The number of hydrogen-bond acceptors (Lipinski definition) is 4. The lowest BCUT2D eigenvalue weighted by molar-refractivity contribution is -0.109. The fraction of sp³-hybridized carbons (Fsp3) is 0.300. The van der Waals surface area contributed by atoms with Crippen LogP contribution >= 0.6 is 55.4 Å². The molecule has 0 bridgehead atoms. The van der Waals surface area contributed by atoms with Gasteiger partial charge >= 0.3 is 0 Å². The second kappa shape index (κ2) is 13.6. The molecule has 0 saturated heterocycles. The average Bonchev–Trinajstić information content (AvgIpc) is 2.65. The van der Waals surface area contributed by atoms with Gasteiger partial charge in [0.25, 0.3) is 0 Å². The normalized spacial score (nSPS) is 10.0. The molecule has 0 atom stereocenters. The Kier molecular flexibility index (Phi) is 12.3. The van der Waals surface area contributed by atoms with Gasteiger partial charge in [-0.1, -0.05) is 104 Å². The number of hydrogen-bond donors (Lipinski definition) is 0. The third kappa shape index (κ3) is 9.40. The van der Waals surface area contributed by atoms with Crippen molar-refractivity contribution in [3.8, 4) is 0 Å². The third-order valence-corrected chi connectivity index (χ3v) is 6.32. The van der Waals surface area contributed by atoms with Gasteiger partial charge in [-0.25, -0.2) is 0 Å². The summed E-state index contributed by atoms with van der Waals surface area (Å²) in [6.07, 6.45) is 0. The third-order valence-electron chi connectivity index (χ3n) is 3.39. The summed E-state index contributed by atoms with van der Waals surface area (Å²) in [6, 6.07) is 16.3. The Morgan fingerprint density at radius 1 is 0.692 bits per heavy atom. The summed E-state index contributed by atoms with van der Waals surface area (Å²) in [6.45, 7) is 3.13. The molecule has 2 rings (SSSR count). The van der Waals surface area contributed by atoms with E-state index in [2.05, 4.69) is 56.1 Å². The van der Waals surface area contributed by atoms with Gasteiger partial charge in [0.2, 0.25) is 0 Å². The predicted molar refractivity (Wildman–Crippen MR) is 122 cm³/mol. The summed E-state index contributed by atoms with van der Waals surface area (Å²) in [7, 11) is 0. The SMILES string of the molecule is BrCc1ccccc1CBr.CC(=O)SCc1ccccc1CSC(C)=O. The number of carbonyl (C=O) groups is 2. The maximum absolute atomic E-state index is 10.9. The van der Waals surface area contributed by atoms with E-state index in [1.54, 1.807) is 13.8 Å². The highest BCUT2D eigenvalue weighted by molar-refractivity contribution is 9.09. The molecule has 26 heavy (non-hydrogen) atoms. The fourth-order valence-corrected chi connectivity index (χ4v) is 4.39. The van der Waals surface area contributed by atoms with E-state index >= 15 is 0 Å². The number of halogens is 2. The Bertz CT molecular complexity index is 660. The molecular formula is C20H22Br2O2S2. The molecule has 0 amide bonds. The van der Waals surface area contributed by atoms with Gasteiger partial charge in [-0.05, 0) is 22.3 Å². The van der Waals surface area contributed by atoms with Gasteiger partial charge in [0.15, 0.2) is 10.2 Å². The molecule has 0 N–H and O–H groups in total. The largest absolute Gasteiger partial charge is 0.288 e. The van der Waals surface area contributed by atoms with Crippen LogP contribution in [0.15, 0.2) is 48.5 Å². The van der Waals surface area contributed by atoms with Crippen LogP contribution in [0.4, 0.5) is 0 Å². The van der Waals surface area contributed by atoms with Crippen molar-refractivity contribution in [1.82, 2.24) is 0 Å². The number of rotatable bonds is 6. The zero-order chi connectivity index (χ0) is 19.4. The lowest BCUT2D eigenvalue weighted by Gasteiger charge is -2.06. The summed E-state index contributed by atoms with van der Waals surface area (Å²) in [5.41, 5.74) is 4.99. The van der Waals surface area contributed by atoms with Crippen molar-refractivity contribution >= 4 is 65.6 Å². The Morgan fingerprint density at radius 3 is 1.27 bits per heavy atom. The van der Waals surface area contributed by atoms with Crippen LogP contribution in [0.3, 0.4) is 0 Å². The van der Waals surface area contributed by atoms with E-state index in [-0.39, 0.29) is 10.2 Å². The Hall–Kier alpha value is -0.560. The van der Waals surface area contributed by atoms with Crippen LogP contribution in [0.5, 0.6) is 0 Å². The first kappa shape index (κ1) is 23.5. The van der Waals surface area contributed by atoms with Crippen LogP contribution in [-0.2, 0) is 31.8 Å². The van der Waals surface area contributed by atoms with Crippen molar-refractivity contribution in [2.45, 2.75) is 36.0 Å². The van der Waals surface area contributed by atoms with Gasteiger partial charge in [0.1, 0.15) is 0 Å². The number of thioether (sulfide) groups is 2. The zero-order valence-corrected chi connectivity index (χ0v) is 19.6. The maximum Gasteiger partial charge on any atom is 0.186 e. The van der Waals surface area contributed by atoms with E-state index in [0.29, 0.717) is 11.5 Å². The standard InChI is InChI=1S/C12H14O2S2.C8H8Br2/c1-9(13)15-7-11-5-3-4-6-12(11)8-16-10(2)14;9-5-7-3-1-2-4-8(7)6-10/h3-6H,7-8H2,1-2H3;1-4H,5-6H2. The highest BCUT2D eigenvalue weighted by atomic mass is 79.9. The molecule has 0 heterocycles. The smallest absolute Gasteiger partial charge is 0.186 e. The summed E-state index contributed by atoms with van der Waals surface area (Å²) >= 11 is 9.46. The van der Waals surface area contributed by atoms with Gasteiger partial charge < -0.3 is 0 Å². The second-order valence-corrected chi connectivity index (χ2v) is 8.79. The van der Waals surface area contributed by atoms with E-state index in [9.17, 15) is 9.59 Å². The lowest BCUT2D eigenvalue weighted by atomic mass is 10.1. The molecule has 0 radical (unpaired) electrons. The van der Waals surface area contributed by atoms with Crippen LogP contribution in [0, 0.1) is 0 Å². The minimum atomic E-state index is 0.119. The van der Waals surface area contributed by atoms with E-state index in [0.717, 1.165) is 21.8 Å². The number of carbonyl (C=O) groups excluding carboxylic acids is 2. The van der Waals surface area contributed by atoms with Gasteiger partial charge in [-0.15, -0.1) is 0 Å². The van der Waals surface area contributed by atoms with E-state index in [1.165, 1.54) is 34.7 Å². The van der Waals surface area contributed by atoms with Crippen LogP contribution in [-0.4, -0.2) is 10.2 Å². The average molecular weight is 518 g/mol. The van der Waals surface area contributed by atoms with E-state index < -0.39 is 0 Å². The van der Waals surface area contributed by atoms with E-state index in [4.69, 9.17) is 0 Å². The van der Waals surface area contributed by atoms with Gasteiger partial charge in [0.05, 0.1) is 0 Å². The summed E-state index contributed by atoms with van der Waals surface area (Å²) in [4.78, 5) is 21.8. The Labute approximate surface area is 181 Å². The van der Waals surface area contributed by atoms with Crippen molar-refractivity contribution in [1.29, 1.82) is 0 Å². The topological polar surface area (TPSA) is 34.1 Å². The van der Waals surface area contributed by atoms with Crippen molar-refractivity contribution in [2.75, 3.05) is 0 Å². The second-order valence-electron chi connectivity index (χ2n) is 5.37. The molecule has 2 nitrogen and oxygen atoms in total. The highest BCUT2D eigenvalue weighted by Gasteiger charge is 2.05. The Balaban J connectivity index is 0.000000289. The van der Waals surface area contributed by atoms with Crippen LogP contribution < -0.4 is 0 Å². The lowest BCUT2D eigenvalue weighted by Crippen LogP contribution is -1.93. The number of alkyl halides is 2. The molecule has 0 saturated carbocycles. The van der Waals surface area contributed by atoms with Crippen molar-refractivity contribution in [3.05, 3.63) is 70.8 Å². The molecule has 0 spiro atoms. The summed E-state index contributed by atoms with van der Waals surface area (Å²) < 4.78 is 0. The van der Waals surface area contributed by atoms with Crippen LogP contribution in [0.25, 0.3) is 0 Å². The number of benzene rings is 2. The molecule has 0 aliphatic carbocycles. The van der Waals surface area contributed by atoms with Crippen molar-refractivity contribution in [3.63, 3.8) is 0 Å². The first-order chi connectivity index (χ1) is 12.5. The van der Waals surface area contributed by atoms with Crippen LogP contribution in [0.1, 0.15) is 36.1 Å². The molecule has 0 aliphatic heterocycles. The first-order valence-corrected chi connectivity index (χ1v) is 12.2. The minimum Gasteiger partial charge on any atom is -0.288 e. The summed E-state index contributed by atoms with van der Waals surface area (Å²) in [5, 5.41) is 2.12. The molecule has 6 heteroatoms. The van der Waals surface area contributed by atoms with Gasteiger partial charge in [0, 0.05) is 36.0 Å². The highest BCUT2D eigenvalue weighted by Crippen LogP contribution is 2.21. The fourth-order valence-electron chi connectivity index (χ4n) is 2.02. The predicted octanol–water partition coefficient (Wildman–Crippen LogP) is 6.72. The Morgan fingerprint density at radius 2 is 1.00 bits per heavy atom. The van der Waals surface area contributed by atoms with Gasteiger partial charge in [-0.3, -0.25) is 9.59 Å². The van der Waals surface area contributed by atoms with E-state index in [1.807, 2.05) is 24.3 Å². The molecule has 2 aromatic rings. The zero-order valence-electron chi connectivity index (χ0n) is 14.8. The monoisotopic (exact) mass is 516 g/mol. The molecule has 0 aromatic heterocycles. The molecule has 140 valence electrons. The minimum absolute atomic E-state index is 0.119. The van der Waals surface area contributed by atoms with Crippen molar-refractivity contribution in [2.24, 2.45) is 0 Å². The van der Waals surface area contributed by atoms with Crippen molar-refractivity contribution < 1.29 is 9.59 Å². The van der Waals surface area contributed by atoms with Crippen LogP contribution in [0.2, 0.25) is 0 Å². The van der Waals surface area contributed by atoms with Gasteiger partial charge in [-0.2, -0.15) is 0 Å². The maximum atomic E-state index is 10.9. The molecule has 2 aromatic carbocycles. The molecular weight excluding hydrogens is 496 g/mol. The molecule has 0 fully saturated rings. The summed E-state index contributed by atoms with van der Waals surface area (Å²) in [5.74, 6) is 1.37.